The van der Waals surface area contributed by atoms with Crippen LogP contribution in [0.25, 0.3) is 0 Å². The van der Waals surface area contributed by atoms with E-state index in [1.807, 2.05) is 0 Å². The Morgan fingerprint density at radius 2 is 1.90 bits per heavy atom. The largest absolute Gasteiger partial charge is 0.396 e. The molecule has 0 bridgehead atoms. The highest BCUT2D eigenvalue weighted by molar-refractivity contribution is 6.37. The van der Waals surface area contributed by atoms with E-state index in [-0.39, 0.29) is 9.52 Å². The summed E-state index contributed by atoms with van der Waals surface area (Å²) in [7, 11) is 0.154. The highest BCUT2D eigenvalue weighted by Crippen LogP contribution is 2.14. The van der Waals surface area contributed by atoms with Crippen LogP contribution in [0.4, 0.5) is 0 Å². The molecule has 10 heavy (non-hydrogen) atoms. The number of hydrogen-bond donors (Lipinski definition) is 1. The standard InChI is InChI=1S/C8H20OSi/c1-3-8(4-2)10-7-5-6-9/h8-9H,3-7,10H2,1-2H3. The van der Waals surface area contributed by atoms with E-state index in [0.29, 0.717) is 6.61 Å². The zero-order valence-corrected chi connectivity index (χ0v) is 8.68. The Balaban J connectivity index is 3.09. The van der Waals surface area contributed by atoms with Gasteiger partial charge in [-0.15, -0.1) is 0 Å². The molecule has 0 heterocycles. The fourth-order valence-corrected chi connectivity index (χ4v) is 3.15. The molecule has 0 aromatic heterocycles. The molecule has 0 saturated carbocycles. The first-order valence-corrected chi connectivity index (χ1v) is 6.27. The summed E-state index contributed by atoms with van der Waals surface area (Å²) < 4.78 is 0. The molecule has 0 spiro atoms. The molecule has 0 amide bonds. The summed E-state index contributed by atoms with van der Waals surface area (Å²) in [5, 5.41) is 8.55. The number of aliphatic hydroxyl groups excluding tert-OH is 1. The highest BCUT2D eigenvalue weighted by atomic mass is 28.2. The van der Waals surface area contributed by atoms with Crippen LogP contribution in [0, 0.1) is 0 Å². The molecule has 0 aliphatic carbocycles. The smallest absolute Gasteiger partial charge is 0.0428 e. The molecular formula is C8H20OSi. The van der Waals surface area contributed by atoms with Gasteiger partial charge in [-0.05, 0) is 6.42 Å². The zero-order valence-electron chi connectivity index (χ0n) is 7.27. The van der Waals surface area contributed by atoms with Crippen LogP contribution >= 0.6 is 0 Å². The van der Waals surface area contributed by atoms with Crippen molar-refractivity contribution in [2.45, 2.75) is 44.7 Å². The van der Waals surface area contributed by atoms with E-state index in [9.17, 15) is 0 Å². The summed E-state index contributed by atoms with van der Waals surface area (Å²) in [4.78, 5) is 0. The molecule has 0 aromatic rings. The molecule has 0 fully saturated rings. The van der Waals surface area contributed by atoms with Crippen molar-refractivity contribution in [1.82, 2.24) is 0 Å². The van der Waals surface area contributed by atoms with E-state index < -0.39 is 0 Å². The minimum Gasteiger partial charge on any atom is -0.396 e. The number of hydrogen-bond acceptors (Lipinski definition) is 1. The van der Waals surface area contributed by atoms with Gasteiger partial charge in [0.2, 0.25) is 0 Å². The Labute approximate surface area is 66.7 Å². The van der Waals surface area contributed by atoms with E-state index in [1.165, 1.54) is 18.9 Å². The van der Waals surface area contributed by atoms with Gasteiger partial charge < -0.3 is 5.11 Å². The molecule has 0 rings (SSSR count). The van der Waals surface area contributed by atoms with E-state index >= 15 is 0 Å². The minimum absolute atomic E-state index is 0.154. The van der Waals surface area contributed by atoms with Gasteiger partial charge in [0.25, 0.3) is 0 Å². The van der Waals surface area contributed by atoms with Gasteiger partial charge in [-0.1, -0.05) is 38.3 Å². The van der Waals surface area contributed by atoms with Crippen molar-refractivity contribution < 1.29 is 5.11 Å². The monoisotopic (exact) mass is 160 g/mol. The van der Waals surface area contributed by atoms with Crippen molar-refractivity contribution in [3.63, 3.8) is 0 Å². The predicted molar refractivity (Wildman–Crippen MR) is 49.4 cm³/mol. The van der Waals surface area contributed by atoms with Crippen molar-refractivity contribution in [3.05, 3.63) is 0 Å². The molecule has 0 radical (unpaired) electrons. The van der Waals surface area contributed by atoms with Gasteiger partial charge in [-0.2, -0.15) is 0 Å². The number of rotatable bonds is 6. The molecule has 0 saturated heterocycles. The second kappa shape index (κ2) is 7.29. The highest BCUT2D eigenvalue weighted by Gasteiger charge is 2.02. The summed E-state index contributed by atoms with van der Waals surface area (Å²) >= 11 is 0. The average molecular weight is 160 g/mol. The normalized spacial score (nSPS) is 12.0. The van der Waals surface area contributed by atoms with Crippen molar-refractivity contribution in [2.75, 3.05) is 6.61 Å². The van der Waals surface area contributed by atoms with Crippen molar-refractivity contribution in [2.24, 2.45) is 0 Å². The van der Waals surface area contributed by atoms with Gasteiger partial charge in [-0.3, -0.25) is 0 Å². The first-order valence-electron chi connectivity index (χ1n) is 4.46. The molecule has 0 unspecified atom stereocenters. The lowest BCUT2D eigenvalue weighted by Crippen LogP contribution is -2.01. The van der Waals surface area contributed by atoms with Crippen molar-refractivity contribution in [1.29, 1.82) is 0 Å². The Kier molecular flexibility index (Phi) is 7.41. The Hall–Kier alpha value is 0.177. The van der Waals surface area contributed by atoms with Crippen molar-refractivity contribution >= 4 is 9.52 Å². The quantitative estimate of drug-likeness (QED) is 0.462. The lowest BCUT2D eigenvalue weighted by Gasteiger charge is -2.09. The summed E-state index contributed by atoms with van der Waals surface area (Å²) in [6.07, 6.45) is 3.75. The number of aliphatic hydroxyl groups is 1. The third-order valence-electron chi connectivity index (χ3n) is 2.18. The van der Waals surface area contributed by atoms with Crippen LogP contribution in [0.1, 0.15) is 33.1 Å². The van der Waals surface area contributed by atoms with Crippen LogP contribution < -0.4 is 0 Å². The molecule has 0 aliphatic heterocycles. The first kappa shape index (κ1) is 10.2. The van der Waals surface area contributed by atoms with Gasteiger partial charge >= 0.3 is 0 Å². The molecular weight excluding hydrogens is 140 g/mol. The third-order valence-corrected chi connectivity index (χ3v) is 5.05. The van der Waals surface area contributed by atoms with Crippen LogP contribution in [0.2, 0.25) is 11.6 Å². The fourth-order valence-electron chi connectivity index (χ4n) is 1.24. The topological polar surface area (TPSA) is 20.2 Å². The summed E-state index contributed by atoms with van der Waals surface area (Å²) in [5.41, 5.74) is 1.03. The van der Waals surface area contributed by atoms with Crippen LogP contribution in [-0.2, 0) is 0 Å². The van der Waals surface area contributed by atoms with E-state index in [1.54, 1.807) is 0 Å². The van der Waals surface area contributed by atoms with E-state index in [0.717, 1.165) is 12.0 Å². The molecule has 62 valence electrons. The molecule has 0 aromatic carbocycles. The second-order valence-electron chi connectivity index (χ2n) is 2.90. The van der Waals surface area contributed by atoms with Gasteiger partial charge in [0.05, 0.1) is 0 Å². The summed E-state index contributed by atoms with van der Waals surface area (Å²) in [5.74, 6) is 0. The zero-order chi connectivity index (χ0) is 7.82. The maximum Gasteiger partial charge on any atom is 0.0428 e. The maximum absolute atomic E-state index is 8.55. The summed E-state index contributed by atoms with van der Waals surface area (Å²) in [6, 6.07) is 1.34. The third kappa shape index (κ3) is 5.00. The van der Waals surface area contributed by atoms with Gasteiger partial charge in [0.15, 0.2) is 0 Å². The fraction of sp³-hybridized carbons (Fsp3) is 1.00. The van der Waals surface area contributed by atoms with E-state index in [4.69, 9.17) is 5.11 Å². The molecule has 1 nitrogen and oxygen atoms in total. The van der Waals surface area contributed by atoms with E-state index in [2.05, 4.69) is 13.8 Å². The minimum atomic E-state index is 0.154. The van der Waals surface area contributed by atoms with Gasteiger partial charge in [-0.25, -0.2) is 0 Å². The van der Waals surface area contributed by atoms with Crippen LogP contribution in [-0.4, -0.2) is 21.2 Å². The Morgan fingerprint density at radius 3 is 2.30 bits per heavy atom. The SMILES string of the molecule is CCC(CC)[SiH2]CCCO. The molecule has 0 atom stereocenters. The second-order valence-corrected chi connectivity index (χ2v) is 5.34. The van der Waals surface area contributed by atoms with Crippen LogP contribution in [0.5, 0.6) is 0 Å². The van der Waals surface area contributed by atoms with Crippen LogP contribution in [0.3, 0.4) is 0 Å². The van der Waals surface area contributed by atoms with Gasteiger partial charge in [0.1, 0.15) is 0 Å². The Morgan fingerprint density at radius 1 is 1.30 bits per heavy atom. The Bertz CT molecular complexity index is 62.3. The molecule has 2 heteroatoms. The first-order chi connectivity index (χ1) is 4.85. The summed E-state index contributed by atoms with van der Waals surface area (Å²) in [6.45, 7) is 4.95. The van der Waals surface area contributed by atoms with Crippen molar-refractivity contribution in [3.8, 4) is 0 Å². The lowest BCUT2D eigenvalue weighted by molar-refractivity contribution is 0.294. The molecule has 0 aliphatic rings. The lowest BCUT2D eigenvalue weighted by atomic mass is 10.3. The van der Waals surface area contributed by atoms with Gasteiger partial charge in [0, 0.05) is 16.1 Å². The maximum atomic E-state index is 8.55. The average Bonchev–Trinajstić information content (AvgIpc) is 1.99. The molecule has 1 N–H and O–H groups in total. The van der Waals surface area contributed by atoms with Crippen LogP contribution in [0.15, 0.2) is 0 Å². The predicted octanol–water partition coefficient (Wildman–Crippen LogP) is 1.56.